The Morgan fingerprint density at radius 2 is 2.25 bits per heavy atom. The lowest BCUT2D eigenvalue weighted by Gasteiger charge is -2.02. The minimum absolute atomic E-state index is 0.0614. The molecule has 0 fully saturated rings. The van der Waals surface area contributed by atoms with Crippen LogP contribution < -0.4 is 10.1 Å². The Morgan fingerprint density at radius 3 is 2.90 bits per heavy atom. The number of nitrogens with zero attached hydrogens (tertiary/aromatic N) is 3. The fraction of sp³-hybridized carbons (Fsp3) is 0.333. The fourth-order valence-corrected chi connectivity index (χ4v) is 2.44. The summed E-state index contributed by atoms with van der Waals surface area (Å²) in [4.78, 5) is 10.4. The normalized spacial score (nSPS) is 10.5. The highest BCUT2D eigenvalue weighted by Crippen LogP contribution is 2.33. The van der Waals surface area contributed by atoms with Gasteiger partial charge in [-0.15, -0.1) is 10.2 Å². The molecule has 1 N–H and O–H groups in total. The number of benzene rings is 1. The molecule has 0 bridgehead atoms. The number of hydrogen-bond donors (Lipinski definition) is 1. The molecule has 2 aromatic rings. The van der Waals surface area contributed by atoms with Crippen LogP contribution in [0.25, 0.3) is 10.6 Å². The van der Waals surface area contributed by atoms with Gasteiger partial charge in [0, 0.05) is 18.2 Å². The van der Waals surface area contributed by atoms with E-state index in [1.54, 1.807) is 12.1 Å². The molecule has 8 heteroatoms. The van der Waals surface area contributed by atoms with Crippen molar-refractivity contribution in [2.45, 2.75) is 13.5 Å². The second kappa shape index (κ2) is 6.40. The minimum atomic E-state index is -0.473. The molecule has 0 spiro atoms. The minimum Gasteiger partial charge on any atom is -0.490 e. The van der Waals surface area contributed by atoms with Gasteiger partial charge in [0.1, 0.15) is 10.0 Å². The molecule has 2 rings (SSSR count). The molecule has 106 valence electrons. The molecule has 0 saturated heterocycles. The highest BCUT2D eigenvalue weighted by Gasteiger charge is 2.16. The van der Waals surface area contributed by atoms with Gasteiger partial charge < -0.3 is 10.1 Å². The number of hydrogen-bond acceptors (Lipinski definition) is 7. The average molecular weight is 294 g/mol. The van der Waals surface area contributed by atoms with E-state index in [2.05, 4.69) is 15.5 Å². The molecule has 0 saturated carbocycles. The standard InChI is InChI=1S/C12H14N4O3S/c1-3-13-7-11-14-15-12(20-11)8-4-5-9(16(17)18)10(6-8)19-2/h4-6,13H,3,7H2,1-2H3. The second-order valence-electron chi connectivity index (χ2n) is 3.93. The zero-order valence-electron chi connectivity index (χ0n) is 11.1. The van der Waals surface area contributed by atoms with Gasteiger partial charge in [-0.2, -0.15) is 0 Å². The van der Waals surface area contributed by atoms with Crippen molar-refractivity contribution in [3.8, 4) is 16.3 Å². The Balaban J connectivity index is 2.28. The van der Waals surface area contributed by atoms with Crippen LogP contribution in [0.4, 0.5) is 5.69 Å². The Bertz CT molecular complexity index is 614. The Kier molecular flexibility index (Phi) is 4.59. The molecule has 0 radical (unpaired) electrons. The monoisotopic (exact) mass is 294 g/mol. The lowest BCUT2D eigenvalue weighted by molar-refractivity contribution is -0.385. The molecule has 0 aliphatic rings. The zero-order valence-corrected chi connectivity index (χ0v) is 11.9. The van der Waals surface area contributed by atoms with E-state index < -0.39 is 4.92 Å². The first kappa shape index (κ1) is 14.4. The number of nitro benzene ring substituents is 1. The van der Waals surface area contributed by atoms with Gasteiger partial charge in [-0.25, -0.2) is 0 Å². The van der Waals surface area contributed by atoms with Gasteiger partial charge in [0.2, 0.25) is 0 Å². The molecule has 1 heterocycles. The number of nitro groups is 1. The van der Waals surface area contributed by atoms with Crippen LogP contribution in [0.15, 0.2) is 18.2 Å². The fourth-order valence-electron chi connectivity index (χ4n) is 1.64. The summed E-state index contributed by atoms with van der Waals surface area (Å²) in [6.07, 6.45) is 0. The van der Waals surface area contributed by atoms with E-state index in [0.29, 0.717) is 11.6 Å². The first-order chi connectivity index (χ1) is 9.65. The molecule has 20 heavy (non-hydrogen) atoms. The molecule has 0 amide bonds. The maximum absolute atomic E-state index is 10.8. The maximum atomic E-state index is 10.8. The van der Waals surface area contributed by atoms with Crippen molar-refractivity contribution in [1.82, 2.24) is 15.5 Å². The third kappa shape index (κ3) is 3.09. The summed E-state index contributed by atoms with van der Waals surface area (Å²) in [6, 6.07) is 4.67. The van der Waals surface area contributed by atoms with Crippen molar-refractivity contribution in [2.75, 3.05) is 13.7 Å². The van der Waals surface area contributed by atoms with Crippen LogP contribution in [-0.4, -0.2) is 28.8 Å². The van der Waals surface area contributed by atoms with E-state index in [9.17, 15) is 10.1 Å². The summed E-state index contributed by atoms with van der Waals surface area (Å²) in [5, 5.41) is 23.8. The summed E-state index contributed by atoms with van der Waals surface area (Å²) in [5.74, 6) is 0.218. The Labute approximate surface area is 119 Å². The third-order valence-corrected chi connectivity index (χ3v) is 3.59. The predicted octanol–water partition coefficient (Wildman–Crippen LogP) is 2.23. The van der Waals surface area contributed by atoms with Crippen LogP contribution in [0.5, 0.6) is 5.75 Å². The van der Waals surface area contributed by atoms with E-state index >= 15 is 0 Å². The molecule has 0 atom stereocenters. The van der Waals surface area contributed by atoms with Gasteiger partial charge in [-0.1, -0.05) is 18.3 Å². The van der Waals surface area contributed by atoms with Gasteiger partial charge in [0.15, 0.2) is 5.75 Å². The molecule has 7 nitrogen and oxygen atoms in total. The van der Waals surface area contributed by atoms with Gasteiger partial charge in [-0.3, -0.25) is 10.1 Å². The van der Waals surface area contributed by atoms with E-state index in [4.69, 9.17) is 4.74 Å². The van der Waals surface area contributed by atoms with Crippen molar-refractivity contribution in [2.24, 2.45) is 0 Å². The second-order valence-corrected chi connectivity index (χ2v) is 4.99. The maximum Gasteiger partial charge on any atom is 0.310 e. The van der Waals surface area contributed by atoms with Gasteiger partial charge in [-0.05, 0) is 18.7 Å². The highest BCUT2D eigenvalue weighted by molar-refractivity contribution is 7.14. The third-order valence-electron chi connectivity index (χ3n) is 2.62. The predicted molar refractivity (Wildman–Crippen MR) is 75.9 cm³/mol. The Hall–Kier alpha value is -2.06. The Morgan fingerprint density at radius 1 is 1.45 bits per heavy atom. The summed E-state index contributed by atoms with van der Waals surface area (Å²) in [6.45, 7) is 3.54. The number of methoxy groups -OCH3 is 1. The largest absolute Gasteiger partial charge is 0.490 e. The van der Waals surface area contributed by atoms with Crippen molar-refractivity contribution < 1.29 is 9.66 Å². The van der Waals surface area contributed by atoms with E-state index in [1.807, 2.05) is 6.92 Å². The first-order valence-electron chi connectivity index (χ1n) is 6.01. The van der Waals surface area contributed by atoms with Crippen LogP contribution in [0, 0.1) is 10.1 Å². The molecule has 1 aromatic carbocycles. The van der Waals surface area contributed by atoms with E-state index in [1.165, 1.54) is 24.5 Å². The molecule has 1 aromatic heterocycles. The van der Waals surface area contributed by atoms with Crippen LogP contribution in [-0.2, 0) is 6.54 Å². The summed E-state index contributed by atoms with van der Waals surface area (Å²) in [5.41, 5.74) is 0.696. The first-order valence-corrected chi connectivity index (χ1v) is 6.83. The molecule has 0 aliphatic heterocycles. The van der Waals surface area contributed by atoms with Gasteiger partial charge >= 0.3 is 5.69 Å². The van der Waals surface area contributed by atoms with Crippen molar-refractivity contribution in [3.63, 3.8) is 0 Å². The summed E-state index contributed by atoms with van der Waals surface area (Å²) in [7, 11) is 1.41. The average Bonchev–Trinajstić information content (AvgIpc) is 2.93. The topological polar surface area (TPSA) is 90.2 Å². The smallest absolute Gasteiger partial charge is 0.310 e. The number of rotatable bonds is 6. The molecular formula is C12H14N4O3S. The zero-order chi connectivity index (χ0) is 14.5. The van der Waals surface area contributed by atoms with Gasteiger partial charge in [0.25, 0.3) is 0 Å². The molecule has 0 unspecified atom stereocenters. The summed E-state index contributed by atoms with van der Waals surface area (Å²) < 4.78 is 5.04. The summed E-state index contributed by atoms with van der Waals surface area (Å²) >= 11 is 1.45. The quantitative estimate of drug-likeness (QED) is 0.649. The lowest BCUT2D eigenvalue weighted by atomic mass is 10.2. The molecular weight excluding hydrogens is 280 g/mol. The van der Waals surface area contributed by atoms with Crippen LogP contribution >= 0.6 is 11.3 Å². The highest BCUT2D eigenvalue weighted by atomic mass is 32.1. The van der Waals surface area contributed by atoms with Gasteiger partial charge in [0.05, 0.1) is 12.0 Å². The van der Waals surface area contributed by atoms with Crippen LogP contribution in [0.3, 0.4) is 0 Å². The van der Waals surface area contributed by atoms with Crippen LogP contribution in [0.2, 0.25) is 0 Å². The van der Waals surface area contributed by atoms with Crippen molar-refractivity contribution in [1.29, 1.82) is 0 Å². The number of nitrogens with one attached hydrogen (secondary N) is 1. The number of ether oxygens (including phenoxy) is 1. The van der Waals surface area contributed by atoms with Crippen LogP contribution in [0.1, 0.15) is 11.9 Å². The lowest BCUT2D eigenvalue weighted by Crippen LogP contribution is -2.11. The van der Waals surface area contributed by atoms with Crippen molar-refractivity contribution in [3.05, 3.63) is 33.3 Å². The molecule has 0 aliphatic carbocycles. The SMILES string of the molecule is CCNCc1nnc(-c2ccc([N+](=O)[O-])c(OC)c2)s1. The van der Waals surface area contributed by atoms with E-state index in [-0.39, 0.29) is 11.4 Å². The van der Waals surface area contributed by atoms with E-state index in [0.717, 1.165) is 17.1 Å². The number of aromatic nitrogens is 2. The van der Waals surface area contributed by atoms with Crippen molar-refractivity contribution >= 4 is 17.0 Å².